The number of hydrogen-bond donors (Lipinski definition) is 1. The number of nitrogens with one attached hydrogen (secondary N) is 1. The van der Waals surface area contributed by atoms with Crippen LogP contribution >= 0.6 is 0 Å². The topological polar surface area (TPSA) is 59.3 Å². The van der Waals surface area contributed by atoms with E-state index in [0.717, 1.165) is 12.8 Å². The van der Waals surface area contributed by atoms with E-state index in [1.54, 1.807) is 18.2 Å². The Morgan fingerprint density at radius 3 is 2.60 bits per heavy atom. The van der Waals surface area contributed by atoms with Crippen molar-refractivity contribution in [3.8, 4) is 5.75 Å². The first-order valence-electron chi connectivity index (χ1n) is 8.69. The maximum Gasteiger partial charge on any atom is 0.262 e. The molecule has 2 aromatic rings. The van der Waals surface area contributed by atoms with E-state index in [1.165, 1.54) is 5.56 Å². The van der Waals surface area contributed by atoms with Gasteiger partial charge in [0.2, 0.25) is 12.3 Å². The van der Waals surface area contributed by atoms with Crippen molar-refractivity contribution >= 4 is 17.4 Å². The molecule has 0 saturated carbocycles. The maximum absolute atomic E-state index is 12.5. The van der Waals surface area contributed by atoms with Crippen LogP contribution in [0.4, 0.5) is 5.69 Å². The summed E-state index contributed by atoms with van der Waals surface area (Å²) in [5.41, 5.74) is 2.42. The highest BCUT2D eigenvalue weighted by Gasteiger charge is 2.19. The lowest BCUT2D eigenvalue weighted by Gasteiger charge is -2.18. The van der Waals surface area contributed by atoms with Gasteiger partial charge < -0.3 is 10.1 Å². The van der Waals surface area contributed by atoms with Crippen molar-refractivity contribution < 1.29 is 18.9 Å². The summed E-state index contributed by atoms with van der Waals surface area (Å²) in [5.74, 6) is 0.944. The molecule has 0 bridgehead atoms. The molecular formula is C20H23N2O3+. The number of rotatable bonds is 6. The zero-order chi connectivity index (χ0) is 17.8. The zero-order valence-corrected chi connectivity index (χ0v) is 14.6. The van der Waals surface area contributed by atoms with Gasteiger partial charge in [0.15, 0.2) is 19.0 Å². The van der Waals surface area contributed by atoms with Crippen LogP contribution in [0.15, 0.2) is 42.7 Å². The largest absolute Gasteiger partial charge is 0.482 e. The summed E-state index contributed by atoms with van der Waals surface area (Å²) >= 11 is 0. The number of aromatic nitrogens is 1. The number of ketones is 1. The van der Waals surface area contributed by atoms with Crippen LogP contribution in [0.5, 0.6) is 5.75 Å². The summed E-state index contributed by atoms with van der Waals surface area (Å²) < 4.78 is 7.19. The van der Waals surface area contributed by atoms with E-state index in [9.17, 15) is 9.59 Å². The molecule has 0 atom stereocenters. The smallest absolute Gasteiger partial charge is 0.262 e. The Morgan fingerprint density at radius 2 is 1.92 bits per heavy atom. The summed E-state index contributed by atoms with van der Waals surface area (Å²) in [5, 5.41) is 2.73. The summed E-state index contributed by atoms with van der Waals surface area (Å²) in [4.78, 5) is 23.9. The molecule has 0 unspecified atom stereocenters. The molecule has 3 rings (SSSR count). The van der Waals surface area contributed by atoms with Crippen LogP contribution in [0.1, 0.15) is 48.5 Å². The van der Waals surface area contributed by atoms with E-state index in [1.807, 2.05) is 17.0 Å². The number of fused-ring (bicyclic) bond motifs is 1. The Morgan fingerprint density at radius 1 is 1.20 bits per heavy atom. The Hall–Kier alpha value is -2.69. The second-order valence-electron chi connectivity index (χ2n) is 6.29. The van der Waals surface area contributed by atoms with Crippen molar-refractivity contribution in [2.45, 2.75) is 39.2 Å². The van der Waals surface area contributed by atoms with Gasteiger partial charge in [-0.1, -0.05) is 13.8 Å². The first-order valence-corrected chi connectivity index (χ1v) is 8.69. The third-order valence-corrected chi connectivity index (χ3v) is 4.63. The highest BCUT2D eigenvalue weighted by molar-refractivity contribution is 6.00. The predicted octanol–water partition coefficient (Wildman–Crippen LogP) is 3.09. The van der Waals surface area contributed by atoms with E-state index in [4.69, 9.17) is 4.74 Å². The van der Waals surface area contributed by atoms with Crippen molar-refractivity contribution in [3.63, 3.8) is 0 Å². The number of ether oxygens (including phenoxy) is 1. The lowest BCUT2D eigenvalue weighted by molar-refractivity contribution is -0.683. The average molecular weight is 339 g/mol. The van der Waals surface area contributed by atoms with E-state index < -0.39 is 0 Å². The minimum absolute atomic E-state index is 0.0112. The monoisotopic (exact) mass is 339 g/mol. The molecule has 5 nitrogen and oxygen atoms in total. The molecule has 5 heteroatoms. The van der Waals surface area contributed by atoms with E-state index in [2.05, 4.69) is 31.3 Å². The number of carbonyl (C=O) groups excluding carboxylic acids is 2. The molecule has 0 spiro atoms. The molecule has 0 fully saturated rings. The van der Waals surface area contributed by atoms with Crippen molar-refractivity contribution in [3.05, 3.63) is 53.9 Å². The van der Waals surface area contributed by atoms with Gasteiger partial charge in [-0.25, -0.2) is 0 Å². The van der Waals surface area contributed by atoms with Crippen LogP contribution in [-0.2, 0) is 11.3 Å². The quantitative estimate of drug-likeness (QED) is 0.650. The standard InChI is InChI=1S/C20H22N2O3/c1-3-14(4-2)15-7-9-22(10-8-15)12-18(23)16-5-6-19-17(11-16)21-20(24)13-25-19/h5-11,14H,3-4,12-13H2,1-2H3/p+1. The van der Waals surface area contributed by atoms with E-state index in [0.29, 0.717) is 22.9 Å². The second kappa shape index (κ2) is 7.47. The van der Waals surface area contributed by atoms with Crippen molar-refractivity contribution in [1.29, 1.82) is 0 Å². The molecule has 1 aromatic carbocycles. The lowest BCUT2D eigenvalue weighted by Crippen LogP contribution is -2.37. The normalized spacial score (nSPS) is 13.2. The summed E-state index contributed by atoms with van der Waals surface area (Å²) in [6.45, 7) is 4.66. The Kier molecular flexibility index (Phi) is 5.12. The van der Waals surface area contributed by atoms with Gasteiger partial charge in [-0.3, -0.25) is 9.59 Å². The number of Topliss-reactive ketones (excluding diaryl/α,β-unsaturated/α-hetero) is 1. The average Bonchev–Trinajstić information content (AvgIpc) is 2.63. The van der Waals surface area contributed by atoms with Gasteiger partial charge >= 0.3 is 0 Å². The molecule has 2 heterocycles. The molecule has 1 amide bonds. The fraction of sp³-hybridized carbons (Fsp3) is 0.350. The summed E-state index contributed by atoms with van der Waals surface area (Å²) in [6.07, 6.45) is 6.13. The third kappa shape index (κ3) is 3.87. The number of benzene rings is 1. The van der Waals surface area contributed by atoms with Gasteiger partial charge in [0.25, 0.3) is 5.91 Å². The molecule has 0 radical (unpaired) electrons. The van der Waals surface area contributed by atoms with Gasteiger partial charge in [0.1, 0.15) is 5.75 Å². The first kappa shape index (κ1) is 17.1. The Bertz CT molecular complexity index is 780. The number of carbonyl (C=O) groups is 2. The van der Waals surface area contributed by atoms with Crippen molar-refractivity contribution in [1.82, 2.24) is 0 Å². The van der Waals surface area contributed by atoms with Gasteiger partial charge in [-0.2, -0.15) is 4.57 Å². The molecule has 1 aliphatic heterocycles. The molecular weight excluding hydrogens is 316 g/mol. The van der Waals surface area contributed by atoms with Crippen LogP contribution < -0.4 is 14.6 Å². The number of pyridine rings is 1. The number of anilines is 1. The SMILES string of the molecule is CCC(CC)c1cc[n+](CC(=O)c2ccc3c(c2)NC(=O)CO3)cc1. The fourth-order valence-electron chi connectivity index (χ4n) is 3.12. The number of hydrogen-bond acceptors (Lipinski definition) is 3. The molecule has 1 aromatic heterocycles. The molecule has 130 valence electrons. The van der Waals surface area contributed by atoms with Crippen LogP contribution in [0, 0.1) is 0 Å². The molecule has 0 aliphatic carbocycles. The first-order chi connectivity index (χ1) is 12.1. The molecule has 1 N–H and O–H groups in total. The lowest BCUT2D eigenvalue weighted by atomic mass is 9.95. The van der Waals surface area contributed by atoms with Gasteiger partial charge in [-0.15, -0.1) is 0 Å². The summed E-state index contributed by atoms with van der Waals surface area (Å²) in [6, 6.07) is 9.31. The van der Waals surface area contributed by atoms with Crippen LogP contribution in [0.25, 0.3) is 0 Å². The highest BCUT2D eigenvalue weighted by Crippen LogP contribution is 2.28. The van der Waals surface area contributed by atoms with Crippen molar-refractivity contribution in [2.24, 2.45) is 0 Å². The molecule has 1 aliphatic rings. The third-order valence-electron chi connectivity index (χ3n) is 4.63. The minimum Gasteiger partial charge on any atom is -0.482 e. The Balaban J connectivity index is 1.72. The van der Waals surface area contributed by atoms with E-state index in [-0.39, 0.29) is 24.8 Å². The molecule has 25 heavy (non-hydrogen) atoms. The predicted molar refractivity (Wildman–Crippen MR) is 94.9 cm³/mol. The van der Waals surface area contributed by atoms with Gasteiger partial charge in [0, 0.05) is 17.7 Å². The van der Waals surface area contributed by atoms with E-state index >= 15 is 0 Å². The van der Waals surface area contributed by atoms with Gasteiger partial charge in [-0.05, 0) is 42.5 Å². The van der Waals surface area contributed by atoms with Crippen LogP contribution in [0.3, 0.4) is 0 Å². The molecule has 0 saturated heterocycles. The van der Waals surface area contributed by atoms with Gasteiger partial charge in [0.05, 0.1) is 5.69 Å². The minimum atomic E-state index is -0.205. The second-order valence-corrected chi connectivity index (χ2v) is 6.29. The zero-order valence-electron chi connectivity index (χ0n) is 14.6. The Labute approximate surface area is 147 Å². The van der Waals surface area contributed by atoms with Crippen LogP contribution in [-0.4, -0.2) is 18.3 Å². The van der Waals surface area contributed by atoms with Crippen molar-refractivity contribution in [2.75, 3.05) is 11.9 Å². The fourth-order valence-corrected chi connectivity index (χ4v) is 3.12. The number of nitrogens with zero attached hydrogens (tertiary/aromatic N) is 1. The highest BCUT2D eigenvalue weighted by atomic mass is 16.5. The number of amides is 1. The maximum atomic E-state index is 12.5. The summed E-state index contributed by atoms with van der Waals surface area (Å²) in [7, 11) is 0. The van der Waals surface area contributed by atoms with Crippen LogP contribution in [0.2, 0.25) is 0 Å².